The molecule has 0 N–H and O–H groups in total. The lowest BCUT2D eigenvalue weighted by molar-refractivity contribution is 0.459. The van der Waals surface area contributed by atoms with Crippen LogP contribution < -0.4 is 0 Å². The Morgan fingerprint density at radius 3 is 2.60 bits per heavy atom. The lowest BCUT2D eigenvalue weighted by atomic mass is 10.3. The van der Waals surface area contributed by atoms with Crippen molar-refractivity contribution in [2.45, 2.75) is 18.4 Å². The number of halogens is 2. The van der Waals surface area contributed by atoms with Gasteiger partial charge in [-0.25, -0.2) is 8.42 Å². The molecule has 2 aromatic rings. The molecule has 0 atom stereocenters. The van der Waals surface area contributed by atoms with Gasteiger partial charge in [-0.05, 0) is 47.1 Å². The van der Waals surface area contributed by atoms with E-state index in [1.807, 2.05) is 0 Å². The minimum atomic E-state index is -3.57. The van der Waals surface area contributed by atoms with Crippen LogP contribution >= 0.6 is 27.5 Å². The summed E-state index contributed by atoms with van der Waals surface area (Å²) in [6.07, 6.45) is 1.55. The lowest BCUT2D eigenvalue weighted by Crippen LogP contribution is -2.26. The van der Waals surface area contributed by atoms with Gasteiger partial charge >= 0.3 is 0 Å². The van der Waals surface area contributed by atoms with E-state index in [-0.39, 0.29) is 11.4 Å². The quantitative estimate of drug-likeness (QED) is 0.812. The highest BCUT2D eigenvalue weighted by Gasteiger charge is 2.22. The summed E-state index contributed by atoms with van der Waals surface area (Å²) >= 11 is 9.11. The average Bonchev–Trinajstić information content (AvgIpc) is 2.78. The molecule has 0 saturated carbocycles. The summed E-state index contributed by atoms with van der Waals surface area (Å²) in [4.78, 5) is 0.192. The van der Waals surface area contributed by atoms with Gasteiger partial charge in [-0.15, -0.1) is 0 Å². The van der Waals surface area contributed by atoms with Crippen LogP contribution in [0.15, 0.2) is 44.3 Å². The first kappa shape index (κ1) is 15.6. The smallest absolute Gasteiger partial charge is 0.243 e. The molecular weight excluding hydrogens is 366 g/mol. The highest BCUT2D eigenvalue weighted by Crippen LogP contribution is 2.27. The summed E-state index contributed by atoms with van der Waals surface area (Å²) < 4.78 is 31.9. The van der Waals surface area contributed by atoms with Gasteiger partial charge in [0.2, 0.25) is 10.0 Å². The van der Waals surface area contributed by atoms with Gasteiger partial charge in [0.25, 0.3) is 0 Å². The van der Waals surface area contributed by atoms with Gasteiger partial charge in [-0.3, -0.25) is 0 Å². The molecule has 0 fully saturated rings. The third-order valence-electron chi connectivity index (χ3n) is 2.96. The number of sulfonamides is 1. The van der Waals surface area contributed by atoms with Gasteiger partial charge in [-0.1, -0.05) is 11.6 Å². The number of rotatable bonds is 4. The SMILES string of the molecule is Cc1occc1CN(C)S(=O)(=O)c1ccc(Cl)c(Br)c1. The van der Waals surface area contributed by atoms with Crippen molar-refractivity contribution in [1.82, 2.24) is 4.31 Å². The monoisotopic (exact) mass is 377 g/mol. The molecule has 1 aromatic heterocycles. The van der Waals surface area contributed by atoms with E-state index in [9.17, 15) is 8.42 Å². The Labute approximate surface area is 131 Å². The van der Waals surface area contributed by atoms with Gasteiger partial charge in [-0.2, -0.15) is 4.31 Å². The molecule has 0 amide bonds. The third-order valence-corrected chi connectivity index (χ3v) is 5.97. The molecule has 0 aliphatic rings. The van der Waals surface area contributed by atoms with Crippen LogP contribution in [-0.4, -0.2) is 19.8 Å². The van der Waals surface area contributed by atoms with Gasteiger partial charge < -0.3 is 4.42 Å². The molecule has 4 nitrogen and oxygen atoms in total. The molecule has 7 heteroatoms. The highest BCUT2D eigenvalue weighted by molar-refractivity contribution is 9.10. The minimum Gasteiger partial charge on any atom is -0.469 e. The predicted molar refractivity (Wildman–Crippen MR) is 81.2 cm³/mol. The van der Waals surface area contributed by atoms with E-state index < -0.39 is 10.0 Å². The van der Waals surface area contributed by atoms with E-state index in [4.69, 9.17) is 16.0 Å². The van der Waals surface area contributed by atoms with Gasteiger partial charge in [0.15, 0.2) is 0 Å². The molecule has 20 heavy (non-hydrogen) atoms. The van der Waals surface area contributed by atoms with E-state index in [2.05, 4.69) is 15.9 Å². The second kappa shape index (κ2) is 5.89. The lowest BCUT2D eigenvalue weighted by Gasteiger charge is -2.17. The number of benzene rings is 1. The minimum absolute atomic E-state index is 0.192. The fraction of sp³-hybridized carbons (Fsp3) is 0.231. The summed E-state index contributed by atoms with van der Waals surface area (Å²) in [5.74, 6) is 0.712. The first-order chi connectivity index (χ1) is 9.32. The van der Waals surface area contributed by atoms with Crippen molar-refractivity contribution < 1.29 is 12.8 Å². The summed E-state index contributed by atoms with van der Waals surface area (Å²) in [5.41, 5.74) is 0.837. The van der Waals surface area contributed by atoms with Crippen LogP contribution in [0.4, 0.5) is 0 Å². The van der Waals surface area contributed by atoms with Crippen LogP contribution in [0.3, 0.4) is 0 Å². The largest absolute Gasteiger partial charge is 0.469 e. The number of nitrogens with zero attached hydrogens (tertiary/aromatic N) is 1. The molecule has 0 saturated heterocycles. The maximum absolute atomic E-state index is 12.5. The fourth-order valence-corrected chi connectivity index (χ4v) is 3.54. The third kappa shape index (κ3) is 3.09. The van der Waals surface area contributed by atoms with Crippen molar-refractivity contribution in [2.24, 2.45) is 0 Å². The molecular formula is C13H13BrClNO3S. The number of aryl methyl sites for hydroxylation is 1. The molecule has 0 radical (unpaired) electrons. The maximum Gasteiger partial charge on any atom is 0.243 e. The van der Waals surface area contributed by atoms with E-state index in [0.717, 1.165) is 5.56 Å². The topological polar surface area (TPSA) is 50.5 Å². The van der Waals surface area contributed by atoms with Gasteiger partial charge in [0.05, 0.1) is 16.2 Å². The molecule has 1 heterocycles. The summed E-state index contributed by atoms with van der Waals surface area (Å²) in [6, 6.07) is 6.30. The molecule has 0 aliphatic carbocycles. The Bertz CT molecular complexity index is 727. The normalized spacial score (nSPS) is 12.1. The van der Waals surface area contributed by atoms with Crippen LogP contribution in [0.1, 0.15) is 11.3 Å². The Balaban J connectivity index is 2.29. The summed E-state index contributed by atoms with van der Waals surface area (Å²) in [5, 5.41) is 0.470. The maximum atomic E-state index is 12.5. The molecule has 2 rings (SSSR count). The van der Waals surface area contributed by atoms with E-state index in [1.54, 1.807) is 25.3 Å². The first-order valence-corrected chi connectivity index (χ1v) is 8.38. The Hall–Kier alpha value is -0.820. The Kier molecular flexibility index (Phi) is 4.59. The van der Waals surface area contributed by atoms with Crippen LogP contribution in [0.5, 0.6) is 0 Å². The molecule has 0 bridgehead atoms. The second-order valence-corrected chi connectivity index (χ2v) is 7.65. The number of hydrogen-bond donors (Lipinski definition) is 0. The molecule has 0 spiro atoms. The average molecular weight is 379 g/mol. The molecule has 0 unspecified atom stereocenters. The van der Waals surface area contributed by atoms with Crippen LogP contribution in [-0.2, 0) is 16.6 Å². The van der Waals surface area contributed by atoms with Crippen molar-refractivity contribution in [3.63, 3.8) is 0 Å². The van der Waals surface area contributed by atoms with Crippen LogP contribution in [0, 0.1) is 6.92 Å². The Morgan fingerprint density at radius 2 is 2.05 bits per heavy atom. The first-order valence-electron chi connectivity index (χ1n) is 5.76. The van der Waals surface area contributed by atoms with Crippen LogP contribution in [0.25, 0.3) is 0 Å². The van der Waals surface area contributed by atoms with E-state index in [1.165, 1.54) is 23.5 Å². The highest BCUT2D eigenvalue weighted by atomic mass is 79.9. The van der Waals surface area contributed by atoms with Crippen molar-refractivity contribution in [3.8, 4) is 0 Å². The predicted octanol–water partition coefficient (Wildman–Crippen LogP) is 3.82. The second-order valence-electron chi connectivity index (χ2n) is 4.34. The van der Waals surface area contributed by atoms with Gasteiger partial charge in [0, 0.05) is 23.6 Å². The number of hydrogen-bond acceptors (Lipinski definition) is 3. The van der Waals surface area contributed by atoms with Crippen molar-refractivity contribution in [2.75, 3.05) is 7.05 Å². The van der Waals surface area contributed by atoms with Crippen LogP contribution in [0.2, 0.25) is 5.02 Å². The standard InChI is InChI=1S/C13H13BrClNO3S/c1-9-10(5-6-19-9)8-16(2)20(17,18)11-3-4-13(15)12(14)7-11/h3-7H,8H2,1-2H3. The van der Waals surface area contributed by atoms with Crippen molar-refractivity contribution in [1.29, 1.82) is 0 Å². The summed E-state index contributed by atoms with van der Waals surface area (Å²) in [6.45, 7) is 2.06. The number of furan rings is 1. The zero-order valence-electron chi connectivity index (χ0n) is 10.9. The molecule has 108 valence electrons. The van der Waals surface area contributed by atoms with E-state index >= 15 is 0 Å². The zero-order valence-corrected chi connectivity index (χ0v) is 14.1. The Morgan fingerprint density at radius 1 is 1.35 bits per heavy atom. The van der Waals surface area contributed by atoms with Crippen molar-refractivity contribution in [3.05, 3.63) is 51.3 Å². The molecule has 0 aliphatic heterocycles. The van der Waals surface area contributed by atoms with Crippen molar-refractivity contribution >= 4 is 37.6 Å². The summed E-state index contributed by atoms with van der Waals surface area (Å²) in [7, 11) is -2.04. The van der Waals surface area contributed by atoms with Gasteiger partial charge in [0.1, 0.15) is 5.76 Å². The zero-order chi connectivity index (χ0) is 14.9. The van der Waals surface area contributed by atoms with E-state index in [0.29, 0.717) is 15.3 Å². The fourth-order valence-electron chi connectivity index (χ4n) is 1.72. The molecule has 1 aromatic carbocycles.